The van der Waals surface area contributed by atoms with Gasteiger partial charge in [-0.15, -0.1) is 0 Å². The molecule has 0 spiro atoms. The second-order valence-corrected chi connectivity index (χ2v) is 11.2. The average molecular weight is 488 g/mol. The van der Waals surface area contributed by atoms with E-state index in [1.807, 2.05) is 26.0 Å². The van der Waals surface area contributed by atoms with Crippen molar-refractivity contribution in [2.45, 2.75) is 25.7 Å². The van der Waals surface area contributed by atoms with Crippen LogP contribution in [0.1, 0.15) is 27.0 Å². The van der Waals surface area contributed by atoms with Crippen LogP contribution in [0.15, 0.2) is 65.6 Å². The third kappa shape index (κ3) is 6.33. The average Bonchev–Trinajstić information content (AvgIpc) is 2.71. The first kappa shape index (κ1) is 24.3. The van der Waals surface area contributed by atoms with Crippen LogP contribution in [0.2, 0.25) is 0 Å². The normalized spacial score (nSPS) is 11.6. The number of carbonyl (C=O) groups is 1. The summed E-state index contributed by atoms with van der Waals surface area (Å²) in [5, 5.41) is 2.71. The number of rotatable bonds is 7. The van der Waals surface area contributed by atoms with Gasteiger partial charge in [0.25, 0.3) is 15.9 Å². The van der Waals surface area contributed by atoms with Gasteiger partial charge in [-0.1, -0.05) is 12.1 Å². The highest BCUT2D eigenvalue weighted by atomic mass is 32.2. The van der Waals surface area contributed by atoms with Gasteiger partial charge in [-0.25, -0.2) is 16.8 Å². The number of sulfonamides is 2. The van der Waals surface area contributed by atoms with Gasteiger partial charge in [0.2, 0.25) is 10.0 Å². The summed E-state index contributed by atoms with van der Waals surface area (Å²) in [6.07, 6.45) is 1.05. The molecule has 174 valence electrons. The number of amides is 1. The summed E-state index contributed by atoms with van der Waals surface area (Å²) >= 11 is 0. The summed E-state index contributed by atoms with van der Waals surface area (Å²) in [5.41, 5.74) is 3.98. The lowest BCUT2D eigenvalue weighted by Crippen LogP contribution is -2.15. The van der Waals surface area contributed by atoms with E-state index in [2.05, 4.69) is 14.8 Å². The standard InChI is InChI=1S/C23H25N3O5S2/c1-15-5-6-16(2)22(13-15)26-33(30,31)20-10-8-19(9-11-20)24-23(27)18-7-12-21(17(3)14-18)25-32(4,28)29/h5-14,25-26H,1-4H3,(H,24,27). The van der Waals surface area contributed by atoms with E-state index in [4.69, 9.17) is 0 Å². The molecule has 0 atom stereocenters. The molecule has 8 nitrogen and oxygen atoms in total. The predicted octanol–water partition coefficient (Wildman–Crippen LogP) is 4.04. The minimum Gasteiger partial charge on any atom is -0.322 e. The van der Waals surface area contributed by atoms with Gasteiger partial charge in [0, 0.05) is 11.3 Å². The van der Waals surface area contributed by atoms with Crippen LogP contribution in [0.5, 0.6) is 0 Å². The van der Waals surface area contributed by atoms with Gasteiger partial charge in [-0.05, 0) is 86.0 Å². The molecule has 3 rings (SSSR count). The van der Waals surface area contributed by atoms with Crippen LogP contribution in [-0.4, -0.2) is 29.0 Å². The third-order valence-corrected chi connectivity index (χ3v) is 6.82. The lowest BCUT2D eigenvalue weighted by molar-refractivity contribution is 0.102. The Hall–Kier alpha value is -3.37. The number of benzene rings is 3. The Balaban J connectivity index is 1.73. The van der Waals surface area contributed by atoms with Crippen LogP contribution >= 0.6 is 0 Å². The second-order valence-electron chi connectivity index (χ2n) is 7.81. The fourth-order valence-corrected chi connectivity index (χ4v) is 4.84. The molecular weight excluding hydrogens is 462 g/mol. The van der Waals surface area contributed by atoms with E-state index in [1.54, 1.807) is 19.1 Å². The first-order valence-corrected chi connectivity index (χ1v) is 13.3. The van der Waals surface area contributed by atoms with E-state index in [0.717, 1.165) is 17.4 Å². The van der Waals surface area contributed by atoms with Gasteiger partial charge >= 0.3 is 0 Å². The second kappa shape index (κ2) is 9.24. The minimum atomic E-state index is -3.79. The van der Waals surface area contributed by atoms with Crippen LogP contribution in [0, 0.1) is 20.8 Å². The molecule has 0 unspecified atom stereocenters. The maximum atomic E-state index is 12.7. The molecular formula is C23H25N3O5S2. The van der Waals surface area contributed by atoms with Crippen molar-refractivity contribution in [3.05, 3.63) is 82.9 Å². The monoisotopic (exact) mass is 487 g/mol. The van der Waals surface area contributed by atoms with E-state index in [9.17, 15) is 21.6 Å². The van der Waals surface area contributed by atoms with Crippen molar-refractivity contribution in [3.63, 3.8) is 0 Å². The van der Waals surface area contributed by atoms with E-state index in [0.29, 0.717) is 28.2 Å². The number of carbonyl (C=O) groups excluding carboxylic acids is 1. The fraction of sp³-hybridized carbons (Fsp3) is 0.174. The van der Waals surface area contributed by atoms with Crippen molar-refractivity contribution in [1.29, 1.82) is 0 Å². The van der Waals surface area contributed by atoms with Crippen molar-refractivity contribution in [3.8, 4) is 0 Å². The van der Waals surface area contributed by atoms with Gasteiger partial charge < -0.3 is 5.32 Å². The molecule has 10 heteroatoms. The summed E-state index contributed by atoms with van der Waals surface area (Å²) in [5.74, 6) is -0.409. The quantitative estimate of drug-likeness (QED) is 0.464. The Morgan fingerprint density at radius 1 is 0.727 bits per heavy atom. The zero-order chi connectivity index (χ0) is 24.4. The van der Waals surface area contributed by atoms with Crippen LogP contribution < -0.4 is 14.8 Å². The summed E-state index contributed by atoms with van der Waals surface area (Å²) in [6.45, 7) is 5.39. The lowest BCUT2D eigenvalue weighted by atomic mass is 10.1. The number of aryl methyl sites for hydroxylation is 3. The molecule has 0 saturated heterocycles. The third-order valence-electron chi connectivity index (χ3n) is 4.84. The summed E-state index contributed by atoms with van der Waals surface area (Å²) < 4.78 is 53.3. The molecule has 1 amide bonds. The van der Waals surface area contributed by atoms with Crippen LogP contribution in [0.25, 0.3) is 0 Å². The maximum absolute atomic E-state index is 12.7. The van der Waals surface area contributed by atoms with E-state index < -0.39 is 26.0 Å². The molecule has 0 bridgehead atoms. The topological polar surface area (TPSA) is 121 Å². The van der Waals surface area contributed by atoms with Crippen molar-refractivity contribution in [2.75, 3.05) is 21.0 Å². The van der Waals surface area contributed by atoms with Gasteiger partial charge in [0.1, 0.15) is 0 Å². The first-order valence-electron chi connectivity index (χ1n) is 9.94. The van der Waals surface area contributed by atoms with Gasteiger partial charge in [0.15, 0.2) is 0 Å². The largest absolute Gasteiger partial charge is 0.322 e. The van der Waals surface area contributed by atoms with E-state index >= 15 is 0 Å². The number of hydrogen-bond donors (Lipinski definition) is 3. The van der Waals surface area contributed by atoms with E-state index in [1.165, 1.54) is 36.4 Å². The molecule has 3 aromatic rings. The highest BCUT2D eigenvalue weighted by molar-refractivity contribution is 7.92. The smallest absolute Gasteiger partial charge is 0.261 e. The van der Waals surface area contributed by atoms with Crippen molar-refractivity contribution in [1.82, 2.24) is 0 Å². The SMILES string of the molecule is Cc1ccc(C)c(NS(=O)(=O)c2ccc(NC(=O)c3ccc(NS(C)(=O)=O)c(C)c3)cc2)c1. The molecule has 0 aromatic heterocycles. The molecule has 0 fully saturated rings. The zero-order valence-corrected chi connectivity index (χ0v) is 20.3. The highest BCUT2D eigenvalue weighted by Gasteiger charge is 2.16. The summed E-state index contributed by atoms with van der Waals surface area (Å²) in [6, 6.07) is 15.9. The van der Waals surface area contributed by atoms with Crippen LogP contribution in [0.3, 0.4) is 0 Å². The molecule has 0 aliphatic carbocycles. The molecule has 3 N–H and O–H groups in total. The van der Waals surface area contributed by atoms with Gasteiger partial charge in [0.05, 0.1) is 22.5 Å². The van der Waals surface area contributed by atoms with Crippen molar-refractivity contribution >= 4 is 43.0 Å². The minimum absolute atomic E-state index is 0.0634. The van der Waals surface area contributed by atoms with Crippen LogP contribution in [0.4, 0.5) is 17.1 Å². The van der Waals surface area contributed by atoms with Gasteiger partial charge in [-0.3, -0.25) is 14.2 Å². The van der Waals surface area contributed by atoms with Gasteiger partial charge in [-0.2, -0.15) is 0 Å². The molecule has 0 aliphatic rings. The molecule has 0 heterocycles. The van der Waals surface area contributed by atoms with Crippen molar-refractivity contribution in [2.24, 2.45) is 0 Å². The first-order chi connectivity index (χ1) is 15.3. The Kier molecular flexibility index (Phi) is 6.80. The molecule has 33 heavy (non-hydrogen) atoms. The van der Waals surface area contributed by atoms with Crippen LogP contribution in [-0.2, 0) is 20.0 Å². The molecule has 0 radical (unpaired) electrons. The lowest BCUT2D eigenvalue weighted by Gasteiger charge is -2.12. The number of nitrogens with one attached hydrogen (secondary N) is 3. The molecule has 3 aromatic carbocycles. The Bertz CT molecular complexity index is 1410. The summed E-state index contributed by atoms with van der Waals surface area (Å²) in [4.78, 5) is 12.6. The highest BCUT2D eigenvalue weighted by Crippen LogP contribution is 2.23. The Labute approximate surface area is 194 Å². The number of anilines is 3. The summed E-state index contributed by atoms with van der Waals surface area (Å²) in [7, 11) is -7.22. The molecule has 0 aliphatic heterocycles. The maximum Gasteiger partial charge on any atom is 0.261 e. The fourth-order valence-electron chi connectivity index (χ4n) is 3.09. The zero-order valence-electron chi connectivity index (χ0n) is 18.6. The number of hydrogen-bond acceptors (Lipinski definition) is 5. The molecule has 0 saturated carbocycles. The predicted molar refractivity (Wildman–Crippen MR) is 131 cm³/mol. The van der Waals surface area contributed by atoms with E-state index in [-0.39, 0.29) is 4.90 Å². The Morgan fingerprint density at radius 2 is 1.39 bits per heavy atom. The van der Waals surface area contributed by atoms with Crippen molar-refractivity contribution < 1.29 is 21.6 Å². The Morgan fingerprint density at radius 3 is 2.00 bits per heavy atom.